The Bertz CT molecular complexity index is 697. The van der Waals surface area contributed by atoms with E-state index in [0.717, 1.165) is 11.3 Å². The highest BCUT2D eigenvalue weighted by atomic mass is 16.5. The molecule has 1 heterocycles. The van der Waals surface area contributed by atoms with Crippen molar-refractivity contribution < 1.29 is 4.74 Å². The lowest BCUT2D eigenvalue weighted by molar-refractivity contribution is 0.416. The molecule has 0 spiro atoms. The van der Waals surface area contributed by atoms with Gasteiger partial charge in [-0.05, 0) is 47.7 Å². The Balaban J connectivity index is 0.000000704. The van der Waals surface area contributed by atoms with E-state index in [4.69, 9.17) is 4.74 Å². The van der Waals surface area contributed by atoms with E-state index in [2.05, 4.69) is 36.2 Å². The molecule has 0 aliphatic carbocycles. The fraction of sp³-hybridized carbons (Fsp3) is 0.222. The molecule has 104 valence electrons. The second-order valence-corrected chi connectivity index (χ2v) is 4.43. The number of benzene rings is 2. The monoisotopic (exact) mass is 267 g/mol. The van der Waals surface area contributed by atoms with Crippen LogP contribution in [0.2, 0.25) is 0 Å². The van der Waals surface area contributed by atoms with Crippen LogP contribution in [-0.2, 0) is 0 Å². The number of aryl methyl sites for hydroxylation is 1. The first-order valence-corrected chi connectivity index (χ1v) is 7.01. The number of ether oxygens (including phenoxy) is 1. The molecule has 1 N–H and O–H groups in total. The Kier molecular flexibility index (Phi) is 4.46. The second kappa shape index (κ2) is 6.29. The van der Waals surface area contributed by atoms with Gasteiger partial charge in [-0.3, -0.25) is 0 Å². The first kappa shape index (κ1) is 14.2. The van der Waals surface area contributed by atoms with E-state index in [-0.39, 0.29) is 0 Å². The normalized spacial score (nSPS) is 10.0. The molecule has 0 aliphatic heterocycles. The molecule has 0 fully saturated rings. The topological polar surface area (TPSA) is 25.0 Å². The van der Waals surface area contributed by atoms with Gasteiger partial charge >= 0.3 is 0 Å². The quantitative estimate of drug-likeness (QED) is 0.680. The summed E-state index contributed by atoms with van der Waals surface area (Å²) in [6.07, 6.45) is 1.97. The summed E-state index contributed by atoms with van der Waals surface area (Å²) in [5.41, 5.74) is 4.78. The van der Waals surface area contributed by atoms with Gasteiger partial charge < -0.3 is 9.72 Å². The summed E-state index contributed by atoms with van der Waals surface area (Å²) >= 11 is 0. The molecule has 0 radical (unpaired) electrons. The minimum absolute atomic E-state index is 0.912. The van der Waals surface area contributed by atoms with Crippen LogP contribution in [0.15, 0.2) is 48.7 Å². The molecule has 0 saturated carbocycles. The van der Waals surface area contributed by atoms with Gasteiger partial charge in [-0.2, -0.15) is 0 Å². The van der Waals surface area contributed by atoms with Crippen LogP contribution < -0.4 is 4.74 Å². The number of aromatic amines is 1. The number of hydrogen-bond acceptors (Lipinski definition) is 1. The molecule has 0 aliphatic rings. The van der Waals surface area contributed by atoms with E-state index in [1.165, 1.54) is 22.0 Å². The highest BCUT2D eigenvalue weighted by Gasteiger charge is 2.09. The van der Waals surface area contributed by atoms with E-state index in [9.17, 15) is 0 Å². The summed E-state index contributed by atoms with van der Waals surface area (Å²) < 4.78 is 5.44. The number of fused-ring (bicyclic) bond motifs is 1. The molecule has 0 atom stereocenters. The Hall–Kier alpha value is -2.22. The smallest absolute Gasteiger partial charge is 0.126 e. The van der Waals surface area contributed by atoms with Crippen LogP contribution in [0.1, 0.15) is 19.4 Å². The molecule has 0 unspecified atom stereocenters. The molecule has 3 rings (SSSR count). The van der Waals surface area contributed by atoms with Crippen molar-refractivity contribution in [2.45, 2.75) is 20.8 Å². The number of H-pyrrole nitrogens is 1. The minimum Gasteiger partial charge on any atom is -0.496 e. The van der Waals surface area contributed by atoms with Gasteiger partial charge in [0.05, 0.1) is 7.11 Å². The number of hydrogen-bond donors (Lipinski definition) is 1. The summed E-state index contributed by atoms with van der Waals surface area (Å²) in [6, 6.07) is 14.6. The van der Waals surface area contributed by atoms with Crippen molar-refractivity contribution in [1.82, 2.24) is 4.98 Å². The van der Waals surface area contributed by atoms with E-state index >= 15 is 0 Å². The highest BCUT2D eigenvalue weighted by Crippen LogP contribution is 2.34. The van der Waals surface area contributed by atoms with Crippen LogP contribution in [0.5, 0.6) is 5.75 Å². The van der Waals surface area contributed by atoms with E-state index in [0.29, 0.717) is 0 Å². The Morgan fingerprint density at radius 1 is 0.950 bits per heavy atom. The van der Waals surface area contributed by atoms with Gasteiger partial charge in [0.25, 0.3) is 0 Å². The summed E-state index contributed by atoms with van der Waals surface area (Å²) in [7, 11) is 1.71. The van der Waals surface area contributed by atoms with Gasteiger partial charge in [0.1, 0.15) is 5.75 Å². The molecular formula is C18H21NO. The first-order valence-electron chi connectivity index (χ1n) is 7.01. The lowest BCUT2D eigenvalue weighted by atomic mass is 9.98. The van der Waals surface area contributed by atoms with Crippen molar-refractivity contribution in [3.8, 4) is 16.9 Å². The van der Waals surface area contributed by atoms with Crippen molar-refractivity contribution in [2.24, 2.45) is 0 Å². The van der Waals surface area contributed by atoms with Gasteiger partial charge in [0.2, 0.25) is 0 Å². The zero-order valence-corrected chi connectivity index (χ0v) is 12.5. The van der Waals surface area contributed by atoms with Crippen molar-refractivity contribution in [3.05, 3.63) is 54.2 Å². The number of nitrogens with one attached hydrogen (secondary N) is 1. The fourth-order valence-corrected chi connectivity index (χ4v) is 2.37. The Morgan fingerprint density at radius 2 is 1.70 bits per heavy atom. The molecule has 2 heteroatoms. The van der Waals surface area contributed by atoms with Gasteiger partial charge in [-0.1, -0.05) is 32.0 Å². The van der Waals surface area contributed by atoms with Crippen LogP contribution in [0.25, 0.3) is 22.0 Å². The molecule has 3 aromatic rings. The number of rotatable bonds is 2. The van der Waals surface area contributed by atoms with Crippen molar-refractivity contribution >= 4 is 10.9 Å². The van der Waals surface area contributed by atoms with Gasteiger partial charge in [0.15, 0.2) is 0 Å². The fourth-order valence-electron chi connectivity index (χ4n) is 2.37. The maximum atomic E-state index is 5.44. The van der Waals surface area contributed by atoms with Gasteiger partial charge in [-0.25, -0.2) is 0 Å². The maximum absolute atomic E-state index is 5.44. The van der Waals surface area contributed by atoms with Crippen LogP contribution in [0.3, 0.4) is 0 Å². The third kappa shape index (κ3) is 2.55. The van der Waals surface area contributed by atoms with Crippen molar-refractivity contribution in [3.63, 3.8) is 0 Å². The van der Waals surface area contributed by atoms with E-state index in [1.807, 2.05) is 38.2 Å². The predicted octanol–water partition coefficient (Wildman–Crippen LogP) is 5.18. The average molecular weight is 267 g/mol. The SMILES string of the molecule is CC.COc1ccccc1-c1cc2cc[nH]c2cc1C. The van der Waals surface area contributed by atoms with Crippen molar-refractivity contribution in [1.29, 1.82) is 0 Å². The number of methoxy groups -OCH3 is 1. The molecular weight excluding hydrogens is 246 g/mol. The Labute approximate surface area is 120 Å². The zero-order valence-electron chi connectivity index (χ0n) is 12.5. The van der Waals surface area contributed by atoms with Crippen LogP contribution in [0, 0.1) is 6.92 Å². The highest BCUT2D eigenvalue weighted by molar-refractivity contribution is 5.88. The molecule has 1 aromatic heterocycles. The summed E-state index contributed by atoms with van der Waals surface area (Å²) in [5, 5.41) is 1.22. The van der Waals surface area contributed by atoms with Crippen molar-refractivity contribution in [2.75, 3.05) is 7.11 Å². The van der Waals surface area contributed by atoms with E-state index < -0.39 is 0 Å². The molecule has 0 saturated heterocycles. The third-order valence-corrected chi connectivity index (χ3v) is 3.30. The lowest BCUT2D eigenvalue weighted by Crippen LogP contribution is -1.89. The van der Waals surface area contributed by atoms with Crippen LogP contribution in [-0.4, -0.2) is 12.1 Å². The third-order valence-electron chi connectivity index (χ3n) is 3.30. The first-order chi connectivity index (χ1) is 9.79. The van der Waals surface area contributed by atoms with Gasteiger partial charge in [-0.15, -0.1) is 0 Å². The zero-order chi connectivity index (χ0) is 14.5. The summed E-state index contributed by atoms with van der Waals surface area (Å²) in [5.74, 6) is 0.912. The minimum atomic E-state index is 0.912. The van der Waals surface area contributed by atoms with Gasteiger partial charge in [0, 0.05) is 17.3 Å². The number of aromatic nitrogens is 1. The largest absolute Gasteiger partial charge is 0.496 e. The predicted molar refractivity (Wildman–Crippen MR) is 86.4 cm³/mol. The molecule has 2 nitrogen and oxygen atoms in total. The lowest BCUT2D eigenvalue weighted by Gasteiger charge is -2.11. The Morgan fingerprint density at radius 3 is 2.45 bits per heavy atom. The summed E-state index contributed by atoms with van der Waals surface area (Å²) in [4.78, 5) is 3.24. The van der Waals surface area contributed by atoms with Crippen LogP contribution in [0.4, 0.5) is 0 Å². The number of para-hydroxylation sites is 1. The molecule has 20 heavy (non-hydrogen) atoms. The molecule has 0 amide bonds. The second-order valence-electron chi connectivity index (χ2n) is 4.43. The summed E-state index contributed by atoms with van der Waals surface area (Å²) in [6.45, 7) is 6.13. The van der Waals surface area contributed by atoms with Crippen LogP contribution >= 0.6 is 0 Å². The molecule has 0 bridgehead atoms. The maximum Gasteiger partial charge on any atom is 0.126 e. The standard InChI is InChI=1S/C16H15NO.C2H6/c1-11-9-15-12(7-8-17-15)10-14(11)13-5-3-4-6-16(13)18-2;1-2/h3-10,17H,1-2H3;1-2H3. The molecule has 2 aromatic carbocycles. The average Bonchev–Trinajstić information content (AvgIpc) is 2.95. The van der Waals surface area contributed by atoms with E-state index in [1.54, 1.807) is 7.11 Å².